The van der Waals surface area contributed by atoms with Crippen molar-refractivity contribution in [3.05, 3.63) is 0 Å². The van der Waals surface area contributed by atoms with E-state index in [9.17, 15) is 4.79 Å². The molecule has 0 radical (unpaired) electrons. The molecular formula is C18H39NaO2S. The summed E-state index contributed by atoms with van der Waals surface area (Å²) in [4.78, 5) is 10.3. The number of hydrogen-bond donors (Lipinski definition) is 1. The van der Waals surface area contributed by atoms with E-state index in [2.05, 4.69) is 6.92 Å². The van der Waals surface area contributed by atoms with Crippen molar-refractivity contribution in [2.24, 2.45) is 0 Å². The van der Waals surface area contributed by atoms with Crippen LogP contribution >= 0.6 is 13.5 Å². The Morgan fingerprint density at radius 2 is 0.909 bits per heavy atom. The summed E-state index contributed by atoms with van der Waals surface area (Å²) in [6.07, 6.45) is 20.2. The Labute approximate surface area is 168 Å². The molecule has 2 nitrogen and oxygen atoms in total. The van der Waals surface area contributed by atoms with Gasteiger partial charge in [-0.25, -0.2) is 0 Å². The first-order chi connectivity index (χ1) is 9.77. The van der Waals surface area contributed by atoms with Gasteiger partial charge in [0.2, 0.25) is 0 Å². The molecule has 0 heterocycles. The van der Waals surface area contributed by atoms with Gasteiger partial charge in [0.25, 0.3) is 0 Å². The van der Waals surface area contributed by atoms with E-state index in [1.54, 1.807) is 0 Å². The van der Waals surface area contributed by atoms with E-state index in [0.29, 0.717) is 6.42 Å². The third kappa shape index (κ3) is 25.8. The van der Waals surface area contributed by atoms with Crippen LogP contribution in [0.5, 0.6) is 0 Å². The summed E-state index contributed by atoms with van der Waals surface area (Å²) in [6.45, 7) is 2.27. The average molecular weight is 343 g/mol. The van der Waals surface area contributed by atoms with Gasteiger partial charge in [0, 0.05) is 6.42 Å². The van der Waals surface area contributed by atoms with Crippen molar-refractivity contribution < 1.29 is 9.90 Å². The molecule has 0 aliphatic heterocycles. The van der Waals surface area contributed by atoms with E-state index in [1.807, 2.05) is 0 Å². The molecule has 0 aliphatic rings. The summed E-state index contributed by atoms with van der Waals surface area (Å²) < 4.78 is 0. The minimum absolute atomic E-state index is 0. The fourth-order valence-electron chi connectivity index (χ4n) is 2.65. The fourth-order valence-corrected chi connectivity index (χ4v) is 2.65. The third-order valence-electron chi connectivity index (χ3n) is 3.99. The van der Waals surface area contributed by atoms with E-state index in [0.717, 1.165) is 12.8 Å². The van der Waals surface area contributed by atoms with Gasteiger partial charge in [0.05, 0.1) is 0 Å². The van der Waals surface area contributed by atoms with E-state index in [1.165, 1.54) is 83.5 Å². The van der Waals surface area contributed by atoms with Crippen molar-refractivity contribution in [3.8, 4) is 0 Å². The van der Waals surface area contributed by atoms with E-state index >= 15 is 0 Å². The van der Waals surface area contributed by atoms with Gasteiger partial charge in [0.1, 0.15) is 0 Å². The molecule has 4 heteroatoms. The first-order valence-electron chi connectivity index (χ1n) is 8.99. The summed E-state index contributed by atoms with van der Waals surface area (Å²) in [6, 6.07) is 0. The van der Waals surface area contributed by atoms with Crippen molar-refractivity contribution in [1.82, 2.24) is 0 Å². The SMILES string of the molecule is CCCCCCCCCCCCCCCCCC(=O)O.S.[NaH]. The number of aliphatic carboxylic acids is 1. The first-order valence-corrected chi connectivity index (χ1v) is 8.99. The van der Waals surface area contributed by atoms with E-state index in [-0.39, 0.29) is 43.1 Å². The van der Waals surface area contributed by atoms with Gasteiger partial charge in [-0.1, -0.05) is 96.8 Å². The second kappa shape index (κ2) is 24.1. The summed E-state index contributed by atoms with van der Waals surface area (Å²) in [5.74, 6) is -0.653. The molecule has 0 spiro atoms. The van der Waals surface area contributed by atoms with Gasteiger partial charge < -0.3 is 5.11 Å². The van der Waals surface area contributed by atoms with Gasteiger partial charge >= 0.3 is 35.5 Å². The quantitative estimate of drug-likeness (QED) is 0.284. The average Bonchev–Trinajstić information content (AvgIpc) is 2.43. The van der Waals surface area contributed by atoms with Gasteiger partial charge in [-0.15, -0.1) is 0 Å². The predicted molar refractivity (Wildman–Crippen MR) is 105 cm³/mol. The Bertz CT molecular complexity index is 213. The molecule has 0 saturated heterocycles. The number of hydrogen-bond acceptors (Lipinski definition) is 1. The zero-order chi connectivity index (χ0) is 14.9. The van der Waals surface area contributed by atoms with Crippen LogP contribution < -0.4 is 0 Å². The number of carboxylic acids is 1. The third-order valence-corrected chi connectivity index (χ3v) is 3.99. The Hall–Kier alpha value is 0.820. The van der Waals surface area contributed by atoms with E-state index < -0.39 is 5.97 Å². The standard InChI is InChI=1S/C18H36O2.Na.H2S.H/c1-2-3-4-5-6-7-8-9-10-11-12-13-14-15-16-17-18(19)20;;;/h2-17H2,1H3,(H,19,20);;1H2;. The van der Waals surface area contributed by atoms with Crippen molar-refractivity contribution >= 4 is 49.0 Å². The topological polar surface area (TPSA) is 37.3 Å². The summed E-state index contributed by atoms with van der Waals surface area (Å²) in [5.41, 5.74) is 0. The maximum atomic E-state index is 10.3. The minimum atomic E-state index is -0.653. The molecule has 0 rings (SSSR count). The molecule has 0 fully saturated rings. The Morgan fingerprint density at radius 1 is 0.636 bits per heavy atom. The first kappa shape index (κ1) is 27.7. The molecule has 0 unspecified atom stereocenters. The number of rotatable bonds is 16. The second-order valence-electron chi connectivity index (χ2n) is 6.09. The van der Waals surface area contributed by atoms with Crippen molar-refractivity contribution in [2.45, 2.75) is 110 Å². The zero-order valence-electron chi connectivity index (χ0n) is 14.2. The van der Waals surface area contributed by atoms with Gasteiger partial charge in [-0.05, 0) is 6.42 Å². The molecule has 1 N–H and O–H groups in total. The molecule has 0 aromatic carbocycles. The molecule has 0 aromatic rings. The van der Waals surface area contributed by atoms with Crippen molar-refractivity contribution in [3.63, 3.8) is 0 Å². The zero-order valence-corrected chi connectivity index (χ0v) is 15.2. The van der Waals surface area contributed by atoms with Gasteiger partial charge in [-0.2, -0.15) is 13.5 Å². The maximum absolute atomic E-state index is 10.3. The van der Waals surface area contributed by atoms with Crippen molar-refractivity contribution in [1.29, 1.82) is 0 Å². The summed E-state index contributed by atoms with van der Waals surface area (Å²) in [7, 11) is 0. The second-order valence-corrected chi connectivity index (χ2v) is 6.09. The van der Waals surface area contributed by atoms with Crippen LogP contribution in [0.1, 0.15) is 110 Å². The van der Waals surface area contributed by atoms with Crippen LogP contribution in [0.4, 0.5) is 0 Å². The molecule has 0 aromatic heterocycles. The van der Waals surface area contributed by atoms with Crippen LogP contribution in [-0.2, 0) is 4.79 Å². The molecule has 0 atom stereocenters. The van der Waals surface area contributed by atoms with Crippen LogP contribution in [0.3, 0.4) is 0 Å². The Morgan fingerprint density at radius 3 is 1.18 bits per heavy atom. The number of unbranched alkanes of at least 4 members (excludes halogenated alkanes) is 14. The molecule has 22 heavy (non-hydrogen) atoms. The molecule has 0 amide bonds. The summed E-state index contributed by atoms with van der Waals surface area (Å²) >= 11 is 0. The van der Waals surface area contributed by atoms with Crippen LogP contribution in [0.2, 0.25) is 0 Å². The monoisotopic (exact) mass is 342 g/mol. The van der Waals surface area contributed by atoms with E-state index in [4.69, 9.17) is 5.11 Å². The predicted octanol–water partition coefficient (Wildman–Crippen LogP) is 5.80. The molecular weight excluding hydrogens is 303 g/mol. The normalized spacial score (nSPS) is 9.86. The molecule has 0 bridgehead atoms. The molecule has 130 valence electrons. The number of carboxylic acid groups (broad SMARTS) is 1. The Kier molecular flexibility index (Phi) is 30.3. The molecule has 0 aliphatic carbocycles. The Balaban J connectivity index is -0.00000180. The van der Waals surface area contributed by atoms with Gasteiger partial charge in [0.15, 0.2) is 0 Å². The van der Waals surface area contributed by atoms with Crippen LogP contribution in [0.25, 0.3) is 0 Å². The van der Waals surface area contributed by atoms with Crippen molar-refractivity contribution in [2.75, 3.05) is 0 Å². The van der Waals surface area contributed by atoms with Crippen LogP contribution in [0.15, 0.2) is 0 Å². The van der Waals surface area contributed by atoms with Crippen LogP contribution in [0, 0.1) is 0 Å². The van der Waals surface area contributed by atoms with Gasteiger partial charge in [-0.3, -0.25) is 4.79 Å². The fraction of sp³-hybridized carbons (Fsp3) is 0.944. The number of carbonyl (C=O) groups is 1. The van der Waals surface area contributed by atoms with Crippen LogP contribution in [-0.4, -0.2) is 40.6 Å². The summed E-state index contributed by atoms with van der Waals surface area (Å²) in [5, 5.41) is 8.52. The molecule has 0 saturated carbocycles.